The molecule has 0 heterocycles. The molecule has 0 aromatic rings. The Bertz CT molecular complexity index is 22.0. The Labute approximate surface area is 38.4 Å². The van der Waals surface area contributed by atoms with Crippen LogP contribution in [0.2, 0.25) is 0 Å². The molecule has 0 aliphatic rings. The molecule has 0 fully saturated rings. The van der Waals surface area contributed by atoms with E-state index in [1.54, 1.807) is 23.0 Å². The van der Waals surface area contributed by atoms with Crippen LogP contribution in [-0.2, 0) is 3.07 Å². The molecule has 0 aromatic heterocycles. The van der Waals surface area contributed by atoms with Crippen LogP contribution in [0.1, 0.15) is 0 Å². The van der Waals surface area contributed by atoms with Crippen LogP contribution in [0.4, 0.5) is 0 Å². The molecule has 0 spiro atoms. The highest BCUT2D eigenvalue weighted by atomic mass is 127. The SMILES string of the molecule is N=COI. The topological polar surface area (TPSA) is 33.1 Å². The summed E-state index contributed by atoms with van der Waals surface area (Å²) in [6, 6.07) is 0. The van der Waals surface area contributed by atoms with Gasteiger partial charge in [-0.05, 0) is 0 Å². The predicted octanol–water partition coefficient (Wildman–Crippen LogP) is 0.960. The van der Waals surface area contributed by atoms with Gasteiger partial charge in [-0.3, -0.25) is 5.41 Å². The molecule has 24 valence electrons. The molecular weight excluding hydrogens is 169 g/mol. The van der Waals surface area contributed by atoms with Gasteiger partial charge in [-0.15, -0.1) is 0 Å². The molecule has 0 aliphatic carbocycles. The molecule has 4 heavy (non-hydrogen) atoms. The zero-order chi connectivity index (χ0) is 3.41. The molecule has 3 heteroatoms. The summed E-state index contributed by atoms with van der Waals surface area (Å²) in [6.07, 6.45) is 0.862. The van der Waals surface area contributed by atoms with E-state index in [-0.39, 0.29) is 0 Å². The summed E-state index contributed by atoms with van der Waals surface area (Å²) >= 11 is 1.61. The van der Waals surface area contributed by atoms with Gasteiger partial charge in [-0.25, -0.2) is 0 Å². The number of rotatable bonds is 1. The average molecular weight is 171 g/mol. The summed E-state index contributed by atoms with van der Waals surface area (Å²) < 4.78 is 4.05. The highest BCUT2D eigenvalue weighted by Gasteiger charge is 1.43. The highest BCUT2D eigenvalue weighted by Crippen LogP contribution is 1.72. The van der Waals surface area contributed by atoms with Crippen LogP contribution in [0.25, 0.3) is 0 Å². The van der Waals surface area contributed by atoms with E-state index in [0.29, 0.717) is 0 Å². The summed E-state index contributed by atoms with van der Waals surface area (Å²) in [7, 11) is 0. The van der Waals surface area contributed by atoms with E-state index >= 15 is 0 Å². The summed E-state index contributed by atoms with van der Waals surface area (Å²) in [5.41, 5.74) is 0. The summed E-state index contributed by atoms with van der Waals surface area (Å²) in [5, 5.41) is 6.10. The van der Waals surface area contributed by atoms with Crippen molar-refractivity contribution in [3.63, 3.8) is 0 Å². The molecular formula is CH2INO. The normalized spacial score (nSPS) is 5.25. The van der Waals surface area contributed by atoms with Gasteiger partial charge in [0.15, 0.2) is 29.4 Å². The van der Waals surface area contributed by atoms with Gasteiger partial charge >= 0.3 is 0 Å². The third-order valence-corrected chi connectivity index (χ3v) is 0.299. The fourth-order valence-electron chi connectivity index (χ4n) is 0. The molecule has 0 bridgehead atoms. The fraction of sp³-hybridized carbons (Fsp3) is 0. The second kappa shape index (κ2) is 3.20. The monoisotopic (exact) mass is 171 g/mol. The van der Waals surface area contributed by atoms with Crippen LogP contribution in [0.3, 0.4) is 0 Å². The number of nitrogens with one attached hydrogen (secondary N) is 1. The van der Waals surface area contributed by atoms with Crippen molar-refractivity contribution in [3.8, 4) is 0 Å². The van der Waals surface area contributed by atoms with E-state index < -0.39 is 0 Å². The molecule has 0 rings (SSSR count). The standard InChI is InChI=1S/CH2INO/c2-4-1-3/h1,3H. The van der Waals surface area contributed by atoms with Crippen LogP contribution >= 0.6 is 23.0 Å². The lowest BCUT2D eigenvalue weighted by Crippen LogP contribution is -1.54. The van der Waals surface area contributed by atoms with Gasteiger partial charge in [0.05, 0.1) is 0 Å². The minimum Gasteiger partial charge on any atom is -0.416 e. The summed E-state index contributed by atoms with van der Waals surface area (Å²) in [6.45, 7) is 0. The third-order valence-electron chi connectivity index (χ3n) is 0.0445. The minimum atomic E-state index is 0.862. The highest BCUT2D eigenvalue weighted by molar-refractivity contribution is 14.1. The van der Waals surface area contributed by atoms with Crippen molar-refractivity contribution in [1.29, 1.82) is 5.41 Å². The average Bonchev–Trinajstić information content (AvgIpc) is 1.37. The lowest BCUT2D eigenvalue weighted by molar-refractivity contribution is 0.745. The van der Waals surface area contributed by atoms with Crippen LogP contribution in [0.5, 0.6) is 0 Å². The maximum atomic E-state index is 6.10. The van der Waals surface area contributed by atoms with Crippen molar-refractivity contribution in [3.05, 3.63) is 0 Å². The first-order valence-corrected chi connectivity index (χ1v) is 1.56. The fourth-order valence-corrected chi connectivity index (χ4v) is 0. The Balaban J connectivity index is 2.30. The van der Waals surface area contributed by atoms with Gasteiger partial charge in [-0.2, -0.15) is 0 Å². The van der Waals surface area contributed by atoms with Crippen molar-refractivity contribution < 1.29 is 3.07 Å². The first-order chi connectivity index (χ1) is 1.91. The van der Waals surface area contributed by atoms with Crippen molar-refractivity contribution in [2.24, 2.45) is 0 Å². The first-order valence-electron chi connectivity index (χ1n) is 0.679. The second-order valence-electron chi connectivity index (χ2n) is 0.207. The van der Waals surface area contributed by atoms with E-state index in [9.17, 15) is 0 Å². The smallest absolute Gasteiger partial charge is 0.193 e. The molecule has 2 nitrogen and oxygen atoms in total. The van der Waals surface area contributed by atoms with E-state index in [4.69, 9.17) is 5.41 Å². The second-order valence-corrected chi connectivity index (χ2v) is 0.715. The maximum Gasteiger partial charge on any atom is 0.193 e. The zero-order valence-electron chi connectivity index (χ0n) is 1.86. The minimum absolute atomic E-state index is 0.862. The molecule has 0 saturated heterocycles. The zero-order valence-corrected chi connectivity index (χ0v) is 4.02. The molecule has 0 atom stereocenters. The maximum absolute atomic E-state index is 6.10. The largest absolute Gasteiger partial charge is 0.416 e. The van der Waals surface area contributed by atoms with Gasteiger partial charge in [0.2, 0.25) is 0 Å². The Kier molecular flexibility index (Phi) is 3.36. The van der Waals surface area contributed by atoms with Crippen LogP contribution in [-0.4, -0.2) is 6.40 Å². The number of halogens is 1. The molecule has 0 amide bonds. The quantitative estimate of drug-likeness (QED) is 0.355. The Morgan fingerprint density at radius 1 is 2.00 bits per heavy atom. The van der Waals surface area contributed by atoms with E-state index in [2.05, 4.69) is 3.07 Å². The van der Waals surface area contributed by atoms with E-state index in [1.165, 1.54) is 0 Å². The summed E-state index contributed by atoms with van der Waals surface area (Å²) in [5.74, 6) is 0. The van der Waals surface area contributed by atoms with Crippen molar-refractivity contribution >= 4 is 29.4 Å². The molecule has 0 radical (unpaired) electrons. The predicted molar refractivity (Wildman–Crippen MR) is 23.9 cm³/mol. The van der Waals surface area contributed by atoms with Crippen LogP contribution < -0.4 is 0 Å². The Hall–Kier alpha value is 0.200. The Morgan fingerprint density at radius 3 is 2.25 bits per heavy atom. The lowest BCUT2D eigenvalue weighted by Gasteiger charge is -1.64. The number of hydrogen-bond donors (Lipinski definition) is 1. The molecule has 0 aliphatic heterocycles. The summed E-state index contributed by atoms with van der Waals surface area (Å²) in [4.78, 5) is 0. The molecule has 0 unspecified atom stereocenters. The first kappa shape index (κ1) is 4.20. The van der Waals surface area contributed by atoms with Crippen LogP contribution in [0, 0.1) is 5.41 Å². The molecule has 0 saturated carbocycles. The number of hydrogen-bond acceptors (Lipinski definition) is 2. The van der Waals surface area contributed by atoms with E-state index in [1.807, 2.05) is 0 Å². The van der Waals surface area contributed by atoms with Gasteiger partial charge in [0, 0.05) is 0 Å². The van der Waals surface area contributed by atoms with E-state index in [0.717, 1.165) is 6.40 Å². The van der Waals surface area contributed by atoms with Gasteiger partial charge in [0.25, 0.3) is 0 Å². The molecule has 1 N–H and O–H groups in total. The van der Waals surface area contributed by atoms with Crippen molar-refractivity contribution in [1.82, 2.24) is 0 Å². The third kappa shape index (κ3) is 2.20. The van der Waals surface area contributed by atoms with Gasteiger partial charge in [-0.1, -0.05) is 0 Å². The van der Waals surface area contributed by atoms with Crippen molar-refractivity contribution in [2.45, 2.75) is 0 Å². The van der Waals surface area contributed by atoms with Crippen molar-refractivity contribution in [2.75, 3.05) is 0 Å². The Morgan fingerprint density at radius 2 is 2.25 bits per heavy atom. The van der Waals surface area contributed by atoms with Gasteiger partial charge in [0.1, 0.15) is 0 Å². The van der Waals surface area contributed by atoms with Crippen LogP contribution in [0.15, 0.2) is 0 Å². The lowest BCUT2D eigenvalue weighted by atomic mass is 11.6. The molecule has 0 aromatic carbocycles. The van der Waals surface area contributed by atoms with Gasteiger partial charge < -0.3 is 3.07 Å².